The minimum atomic E-state index is -0.372. The molecule has 0 spiro atoms. The summed E-state index contributed by atoms with van der Waals surface area (Å²) in [4.78, 5) is 10.7. The van der Waals surface area contributed by atoms with E-state index in [1.165, 1.54) is 0 Å². The van der Waals surface area contributed by atoms with E-state index in [0.717, 1.165) is 5.56 Å². The monoisotopic (exact) mass is 194 g/mol. The molecule has 1 atom stereocenters. The molecule has 0 aliphatic rings. The van der Waals surface area contributed by atoms with Crippen LogP contribution in [-0.4, -0.2) is 17.1 Å². The van der Waals surface area contributed by atoms with Crippen LogP contribution in [0.1, 0.15) is 12.5 Å². The molecule has 4 nitrogen and oxygen atoms in total. The molecule has 0 aliphatic carbocycles. The van der Waals surface area contributed by atoms with Crippen LogP contribution in [-0.2, 0) is 11.3 Å². The molecule has 76 valence electrons. The number of amides is 1. The molecule has 0 bridgehead atoms. The van der Waals surface area contributed by atoms with E-state index in [9.17, 15) is 4.79 Å². The first-order valence-electron chi connectivity index (χ1n) is 4.40. The predicted molar refractivity (Wildman–Crippen MR) is 53.6 cm³/mol. The van der Waals surface area contributed by atoms with Gasteiger partial charge in [-0.3, -0.25) is 4.79 Å². The number of benzene rings is 1. The summed E-state index contributed by atoms with van der Waals surface area (Å²) in [6.45, 7) is 2.27. The van der Waals surface area contributed by atoms with Gasteiger partial charge in [0.1, 0.15) is 5.75 Å². The number of phenolic OH excluding ortho intramolecular Hbond substituents is 1. The summed E-state index contributed by atoms with van der Waals surface area (Å²) in [5.74, 6) is -0.138. The first-order valence-corrected chi connectivity index (χ1v) is 4.40. The molecule has 1 rings (SSSR count). The zero-order valence-electron chi connectivity index (χ0n) is 8.03. The molecule has 4 heteroatoms. The average molecular weight is 194 g/mol. The Hall–Kier alpha value is -1.55. The summed E-state index contributed by atoms with van der Waals surface area (Å²) in [6.07, 6.45) is 0. The molecule has 0 saturated carbocycles. The number of carbonyl (C=O) groups is 1. The van der Waals surface area contributed by atoms with Gasteiger partial charge in [-0.15, -0.1) is 0 Å². The third-order valence-corrected chi connectivity index (χ3v) is 1.98. The van der Waals surface area contributed by atoms with Crippen molar-refractivity contribution in [1.82, 2.24) is 5.32 Å². The molecular weight excluding hydrogens is 180 g/mol. The summed E-state index contributed by atoms with van der Waals surface area (Å²) >= 11 is 0. The van der Waals surface area contributed by atoms with Crippen LogP contribution in [0.2, 0.25) is 0 Å². The van der Waals surface area contributed by atoms with Crippen LogP contribution in [0.4, 0.5) is 0 Å². The van der Waals surface area contributed by atoms with Gasteiger partial charge in [0.05, 0.1) is 6.04 Å². The van der Waals surface area contributed by atoms with Gasteiger partial charge in [-0.1, -0.05) is 12.1 Å². The van der Waals surface area contributed by atoms with Crippen molar-refractivity contribution in [3.05, 3.63) is 29.8 Å². The number of nitrogens with one attached hydrogen (secondary N) is 1. The van der Waals surface area contributed by atoms with Crippen LogP contribution in [0, 0.1) is 0 Å². The van der Waals surface area contributed by atoms with E-state index in [0.29, 0.717) is 6.54 Å². The minimum Gasteiger partial charge on any atom is -0.508 e. The van der Waals surface area contributed by atoms with Crippen LogP contribution in [0.25, 0.3) is 0 Å². The van der Waals surface area contributed by atoms with Crippen LogP contribution in [0.15, 0.2) is 24.3 Å². The van der Waals surface area contributed by atoms with Crippen molar-refractivity contribution >= 4 is 5.91 Å². The minimum absolute atomic E-state index is 0.233. The maximum Gasteiger partial charge on any atom is 0.234 e. The van der Waals surface area contributed by atoms with Gasteiger partial charge < -0.3 is 16.2 Å². The molecule has 4 N–H and O–H groups in total. The normalized spacial score (nSPS) is 12.4. The molecule has 0 aromatic heterocycles. The number of hydrogen-bond acceptors (Lipinski definition) is 3. The van der Waals surface area contributed by atoms with Crippen LogP contribution in [0.3, 0.4) is 0 Å². The van der Waals surface area contributed by atoms with E-state index < -0.39 is 0 Å². The highest BCUT2D eigenvalue weighted by Gasteiger charge is 2.06. The fourth-order valence-corrected chi connectivity index (χ4v) is 0.985. The zero-order valence-corrected chi connectivity index (χ0v) is 8.03. The van der Waals surface area contributed by atoms with E-state index >= 15 is 0 Å². The number of hydrogen-bond donors (Lipinski definition) is 3. The molecule has 0 radical (unpaired) electrons. The van der Waals surface area contributed by atoms with Crippen molar-refractivity contribution in [3.8, 4) is 5.75 Å². The van der Waals surface area contributed by atoms with E-state index in [1.807, 2.05) is 0 Å². The van der Waals surface area contributed by atoms with Gasteiger partial charge in [0, 0.05) is 6.54 Å². The van der Waals surface area contributed by atoms with E-state index in [2.05, 4.69) is 5.32 Å². The van der Waals surface area contributed by atoms with Crippen molar-refractivity contribution in [1.29, 1.82) is 0 Å². The van der Waals surface area contributed by atoms with Crippen molar-refractivity contribution in [2.45, 2.75) is 19.5 Å². The number of rotatable bonds is 4. The lowest BCUT2D eigenvalue weighted by Gasteiger charge is -2.09. The maximum absolute atomic E-state index is 10.7. The van der Waals surface area contributed by atoms with Crippen molar-refractivity contribution in [2.75, 3.05) is 0 Å². The van der Waals surface area contributed by atoms with Gasteiger partial charge >= 0.3 is 0 Å². The second kappa shape index (κ2) is 4.62. The maximum atomic E-state index is 10.7. The predicted octanol–water partition coefficient (Wildman–Crippen LogP) is 0.356. The number of aromatic hydroxyl groups is 1. The summed E-state index contributed by atoms with van der Waals surface area (Å²) in [5, 5.41) is 12.0. The van der Waals surface area contributed by atoms with Gasteiger partial charge in [-0.05, 0) is 24.6 Å². The molecule has 14 heavy (non-hydrogen) atoms. The van der Waals surface area contributed by atoms with Crippen molar-refractivity contribution < 1.29 is 9.90 Å². The van der Waals surface area contributed by atoms with E-state index in [4.69, 9.17) is 10.8 Å². The first kappa shape index (κ1) is 10.5. The van der Waals surface area contributed by atoms with Crippen LogP contribution >= 0.6 is 0 Å². The molecule has 1 aromatic rings. The third-order valence-electron chi connectivity index (χ3n) is 1.98. The standard InChI is InChI=1S/C10H14N2O2/c1-7(10(11)14)12-6-8-2-4-9(13)5-3-8/h2-5,7,12-13H,6H2,1H3,(H2,11,14)/t7-/m0/s1. The van der Waals surface area contributed by atoms with E-state index in [1.54, 1.807) is 31.2 Å². The number of primary amides is 1. The SMILES string of the molecule is C[C@H](NCc1ccc(O)cc1)C(N)=O. The second-order valence-corrected chi connectivity index (χ2v) is 3.17. The Morgan fingerprint density at radius 2 is 2.07 bits per heavy atom. The molecule has 1 amide bonds. The highest BCUT2D eigenvalue weighted by atomic mass is 16.3. The Balaban J connectivity index is 2.46. The fourth-order valence-electron chi connectivity index (χ4n) is 0.985. The number of phenols is 1. The van der Waals surface area contributed by atoms with Crippen molar-refractivity contribution in [2.24, 2.45) is 5.73 Å². The van der Waals surface area contributed by atoms with Gasteiger partial charge in [0.15, 0.2) is 0 Å². The Labute approximate surface area is 82.7 Å². The smallest absolute Gasteiger partial charge is 0.234 e. The van der Waals surface area contributed by atoms with Gasteiger partial charge in [-0.2, -0.15) is 0 Å². The fraction of sp³-hybridized carbons (Fsp3) is 0.300. The summed E-state index contributed by atoms with van der Waals surface area (Å²) in [6, 6.07) is 6.44. The molecule has 0 saturated heterocycles. The Kier molecular flexibility index (Phi) is 3.48. The largest absolute Gasteiger partial charge is 0.508 e. The molecule has 1 aromatic carbocycles. The Bertz CT molecular complexity index is 308. The molecular formula is C10H14N2O2. The molecule has 0 aliphatic heterocycles. The Morgan fingerprint density at radius 1 is 1.50 bits per heavy atom. The molecule has 0 unspecified atom stereocenters. The topological polar surface area (TPSA) is 75.3 Å². The lowest BCUT2D eigenvalue weighted by molar-refractivity contribution is -0.119. The first-order chi connectivity index (χ1) is 6.59. The lowest BCUT2D eigenvalue weighted by Crippen LogP contribution is -2.38. The van der Waals surface area contributed by atoms with Crippen molar-refractivity contribution in [3.63, 3.8) is 0 Å². The number of nitrogens with two attached hydrogens (primary N) is 1. The van der Waals surface area contributed by atoms with Gasteiger partial charge in [0.25, 0.3) is 0 Å². The highest BCUT2D eigenvalue weighted by molar-refractivity contribution is 5.79. The highest BCUT2D eigenvalue weighted by Crippen LogP contribution is 2.09. The third kappa shape index (κ3) is 3.06. The Morgan fingerprint density at radius 3 is 2.57 bits per heavy atom. The lowest BCUT2D eigenvalue weighted by atomic mass is 10.2. The zero-order chi connectivity index (χ0) is 10.6. The quantitative estimate of drug-likeness (QED) is 0.647. The number of carbonyl (C=O) groups excluding carboxylic acids is 1. The summed E-state index contributed by atoms with van der Waals surface area (Å²) in [7, 11) is 0. The average Bonchev–Trinajstić information content (AvgIpc) is 2.16. The second-order valence-electron chi connectivity index (χ2n) is 3.17. The van der Waals surface area contributed by atoms with Gasteiger partial charge in [0.2, 0.25) is 5.91 Å². The molecule has 0 heterocycles. The molecule has 0 fully saturated rings. The summed E-state index contributed by atoms with van der Waals surface area (Å²) in [5.41, 5.74) is 6.08. The van der Waals surface area contributed by atoms with Crippen LogP contribution < -0.4 is 11.1 Å². The summed E-state index contributed by atoms with van der Waals surface area (Å²) < 4.78 is 0. The van der Waals surface area contributed by atoms with Crippen LogP contribution in [0.5, 0.6) is 5.75 Å². The van der Waals surface area contributed by atoms with E-state index in [-0.39, 0.29) is 17.7 Å². The van der Waals surface area contributed by atoms with Gasteiger partial charge in [-0.25, -0.2) is 0 Å².